The molecule has 0 saturated carbocycles. The van der Waals surface area contributed by atoms with E-state index in [0.29, 0.717) is 6.04 Å². The number of quaternary nitrogens is 1. The first-order valence-corrected chi connectivity index (χ1v) is 2.34. The van der Waals surface area contributed by atoms with E-state index in [2.05, 4.69) is 18.4 Å². The summed E-state index contributed by atoms with van der Waals surface area (Å²) >= 11 is 3.95. The smallest absolute Gasteiger partial charge is 0.0904 e. The second kappa shape index (κ2) is 2.54. The highest BCUT2D eigenvalue weighted by Crippen LogP contribution is 1.72. The highest BCUT2D eigenvalue weighted by molar-refractivity contribution is 7.80. The first kappa shape index (κ1) is 5.31. The van der Waals surface area contributed by atoms with Gasteiger partial charge in [0.1, 0.15) is 0 Å². The second-order valence-electron chi connectivity index (χ2n) is 1.29. The van der Waals surface area contributed by atoms with Gasteiger partial charge in [-0.2, -0.15) is 12.6 Å². The van der Waals surface area contributed by atoms with Gasteiger partial charge in [-0.3, -0.25) is 0 Å². The Bertz CT molecular complexity index is 20.9. The zero-order valence-corrected chi connectivity index (χ0v) is 4.33. The Labute approximate surface area is 38.0 Å². The first-order chi connectivity index (χ1) is 2.27. The lowest BCUT2D eigenvalue weighted by atomic mass is 10.4. The van der Waals surface area contributed by atoms with Gasteiger partial charge in [0.2, 0.25) is 0 Å². The van der Waals surface area contributed by atoms with Crippen molar-refractivity contribution < 1.29 is 5.73 Å². The van der Waals surface area contributed by atoms with Gasteiger partial charge in [0, 0.05) is 5.75 Å². The van der Waals surface area contributed by atoms with Crippen molar-refractivity contribution in [2.75, 3.05) is 5.75 Å². The number of thiol groups is 1. The molecular weight excluding hydrogens is 82.1 g/mol. The van der Waals surface area contributed by atoms with Crippen LogP contribution in [-0.4, -0.2) is 11.8 Å². The Morgan fingerprint density at radius 1 is 2.00 bits per heavy atom. The Morgan fingerprint density at radius 3 is 2.20 bits per heavy atom. The Kier molecular flexibility index (Phi) is 2.70. The van der Waals surface area contributed by atoms with Crippen LogP contribution in [0.3, 0.4) is 0 Å². The molecular formula is C3H10NS+. The summed E-state index contributed by atoms with van der Waals surface area (Å²) in [5.74, 6) is 0.889. The van der Waals surface area contributed by atoms with Gasteiger partial charge < -0.3 is 5.73 Å². The van der Waals surface area contributed by atoms with Gasteiger partial charge >= 0.3 is 0 Å². The summed E-state index contributed by atoms with van der Waals surface area (Å²) in [6.07, 6.45) is 0. The largest absolute Gasteiger partial charge is 0.355 e. The molecule has 0 aromatic carbocycles. The summed E-state index contributed by atoms with van der Waals surface area (Å²) in [4.78, 5) is 0. The lowest BCUT2D eigenvalue weighted by Crippen LogP contribution is -2.60. The maximum atomic E-state index is 3.95. The summed E-state index contributed by atoms with van der Waals surface area (Å²) in [5.41, 5.74) is 3.68. The number of hydrogen-bond acceptors (Lipinski definition) is 1. The molecule has 0 aliphatic carbocycles. The minimum Gasteiger partial charge on any atom is -0.355 e. The van der Waals surface area contributed by atoms with Crippen molar-refractivity contribution in [1.29, 1.82) is 0 Å². The van der Waals surface area contributed by atoms with E-state index < -0.39 is 0 Å². The molecule has 0 aliphatic rings. The van der Waals surface area contributed by atoms with Crippen molar-refractivity contribution in [2.45, 2.75) is 13.0 Å². The normalized spacial score (nSPS) is 15.0. The van der Waals surface area contributed by atoms with Crippen molar-refractivity contribution in [3.63, 3.8) is 0 Å². The summed E-state index contributed by atoms with van der Waals surface area (Å²) in [5, 5.41) is 0. The maximum Gasteiger partial charge on any atom is 0.0904 e. The van der Waals surface area contributed by atoms with E-state index in [0.717, 1.165) is 5.75 Å². The molecule has 0 radical (unpaired) electrons. The Hall–Kier alpha value is 0.310. The van der Waals surface area contributed by atoms with E-state index in [-0.39, 0.29) is 0 Å². The van der Waals surface area contributed by atoms with Crippen molar-refractivity contribution in [2.24, 2.45) is 0 Å². The third-order valence-corrected chi connectivity index (χ3v) is 0.935. The van der Waals surface area contributed by atoms with Crippen LogP contribution in [0.2, 0.25) is 0 Å². The Morgan fingerprint density at radius 2 is 2.20 bits per heavy atom. The zero-order valence-electron chi connectivity index (χ0n) is 3.44. The van der Waals surface area contributed by atoms with Crippen molar-refractivity contribution in [3.8, 4) is 0 Å². The summed E-state index contributed by atoms with van der Waals surface area (Å²) in [6, 6.07) is 0.498. The molecule has 0 saturated heterocycles. The van der Waals surface area contributed by atoms with Crippen molar-refractivity contribution in [1.82, 2.24) is 0 Å². The monoisotopic (exact) mass is 92.1 g/mol. The molecule has 0 spiro atoms. The molecule has 1 atom stereocenters. The lowest BCUT2D eigenvalue weighted by molar-refractivity contribution is -0.405. The molecule has 1 nitrogen and oxygen atoms in total. The predicted molar refractivity (Wildman–Crippen MR) is 26.2 cm³/mol. The van der Waals surface area contributed by atoms with E-state index in [1.54, 1.807) is 0 Å². The molecule has 0 fully saturated rings. The molecule has 0 unspecified atom stereocenters. The van der Waals surface area contributed by atoms with Crippen LogP contribution in [0.1, 0.15) is 6.92 Å². The molecule has 0 rings (SSSR count). The fourth-order valence-corrected chi connectivity index (χ4v) is 0. The molecule has 0 amide bonds. The summed E-state index contributed by atoms with van der Waals surface area (Å²) in [7, 11) is 0. The molecule has 0 heterocycles. The van der Waals surface area contributed by atoms with Crippen LogP contribution in [0.25, 0.3) is 0 Å². The summed E-state index contributed by atoms with van der Waals surface area (Å²) in [6.45, 7) is 2.03. The quantitative estimate of drug-likeness (QED) is 0.410. The standard InChI is InChI=1S/C3H9NS/c1-3(4)2-5/h3,5H,2,4H2,1H3/p+1/t3-/m1/s1. The SMILES string of the molecule is C[C@@H]([NH3+])CS. The summed E-state index contributed by atoms with van der Waals surface area (Å²) < 4.78 is 0. The molecule has 32 valence electrons. The Balaban J connectivity index is 2.54. The zero-order chi connectivity index (χ0) is 4.28. The van der Waals surface area contributed by atoms with Gasteiger partial charge in [0.25, 0.3) is 0 Å². The van der Waals surface area contributed by atoms with Gasteiger partial charge in [-0.15, -0.1) is 0 Å². The maximum absolute atomic E-state index is 3.95. The highest BCUT2D eigenvalue weighted by atomic mass is 32.1. The van der Waals surface area contributed by atoms with Crippen LogP contribution < -0.4 is 5.73 Å². The fourth-order valence-electron chi connectivity index (χ4n) is 0. The second-order valence-corrected chi connectivity index (χ2v) is 1.65. The number of hydrogen-bond donors (Lipinski definition) is 2. The van der Waals surface area contributed by atoms with E-state index in [1.807, 2.05) is 6.92 Å². The van der Waals surface area contributed by atoms with Crippen LogP contribution in [0.15, 0.2) is 0 Å². The van der Waals surface area contributed by atoms with Gasteiger partial charge in [-0.1, -0.05) is 0 Å². The van der Waals surface area contributed by atoms with E-state index in [9.17, 15) is 0 Å². The van der Waals surface area contributed by atoms with E-state index >= 15 is 0 Å². The molecule has 0 bridgehead atoms. The average molecular weight is 92.2 g/mol. The van der Waals surface area contributed by atoms with E-state index in [4.69, 9.17) is 0 Å². The molecule has 2 heteroatoms. The molecule has 0 aromatic heterocycles. The minimum atomic E-state index is 0.498. The molecule has 0 aromatic rings. The topological polar surface area (TPSA) is 27.6 Å². The molecule has 5 heavy (non-hydrogen) atoms. The van der Waals surface area contributed by atoms with E-state index in [1.165, 1.54) is 0 Å². The fraction of sp³-hybridized carbons (Fsp3) is 1.00. The highest BCUT2D eigenvalue weighted by Gasteiger charge is 1.85. The average Bonchev–Trinajstić information content (AvgIpc) is 1.38. The number of rotatable bonds is 1. The van der Waals surface area contributed by atoms with Crippen molar-refractivity contribution in [3.05, 3.63) is 0 Å². The molecule has 3 N–H and O–H groups in total. The predicted octanol–water partition coefficient (Wildman–Crippen LogP) is -0.453. The van der Waals surface area contributed by atoms with Gasteiger partial charge in [-0.25, -0.2) is 0 Å². The third-order valence-electron chi connectivity index (χ3n) is 0.312. The van der Waals surface area contributed by atoms with Gasteiger partial charge in [0.15, 0.2) is 0 Å². The van der Waals surface area contributed by atoms with Gasteiger partial charge in [-0.05, 0) is 6.92 Å². The van der Waals surface area contributed by atoms with Crippen LogP contribution in [0.5, 0.6) is 0 Å². The first-order valence-electron chi connectivity index (χ1n) is 1.71. The minimum absolute atomic E-state index is 0.498. The lowest BCUT2D eigenvalue weighted by Gasteiger charge is -1.87. The molecule has 0 aliphatic heterocycles. The van der Waals surface area contributed by atoms with Crippen molar-refractivity contribution >= 4 is 12.6 Å². The van der Waals surface area contributed by atoms with Crippen LogP contribution >= 0.6 is 12.6 Å². The van der Waals surface area contributed by atoms with Crippen LogP contribution in [-0.2, 0) is 0 Å². The third kappa shape index (κ3) is 4.31. The van der Waals surface area contributed by atoms with Crippen LogP contribution in [0, 0.1) is 0 Å². The van der Waals surface area contributed by atoms with Gasteiger partial charge in [0.05, 0.1) is 6.04 Å². The van der Waals surface area contributed by atoms with Crippen LogP contribution in [0.4, 0.5) is 0 Å².